The van der Waals surface area contributed by atoms with Gasteiger partial charge in [0.05, 0.1) is 0 Å². The highest BCUT2D eigenvalue weighted by atomic mass is 32.1. The monoisotopic (exact) mass is 482 g/mol. The second-order valence-corrected chi connectivity index (χ2v) is 10.1. The average Bonchev–Trinajstić information content (AvgIpc) is 3.36. The lowest BCUT2D eigenvalue weighted by Crippen LogP contribution is -2.51. The van der Waals surface area contributed by atoms with E-state index in [-0.39, 0.29) is 17.6 Å². The molecule has 0 amide bonds. The summed E-state index contributed by atoms with van der Waals surface area (Å²) in [6.07, 6.45) is 4.03. The highest BCUT2D eigenvalue weighted by Gasteiger charge is 2.23. The molecule has 1 fully saturated rings. The Morgan fingerprint density at radius 3 is 2.32 bits per heavy atom. The summed E-state index contributed by atoms with van der Waals surface area (Å²) >= 11 is 1.64. The highest BCUT2D eigenvalue weighted by molar-refractivity contribution is 7.10. The molecular weight excluding hydrogens is 450 g/mol. The Balaban J connectivity index is 1.33. The average molecular weight is 483 g/mol. The lowest BCUT2D eigenvalue weighted by atomic mass is 9.86. The molecule has 2 aromatic carbocycles. The summed E-state index contributed by atoms with van der Waals surface area (Å²) in [6, 6.07) is 17.7. The van der Waals surface area contributed by atoms with Gasteiger partial charge in [-0.15, -0.1) is 11.3 Å². The zero-order valence-corrected chi connectivity index (χ0v) is 20.2. The molecule has 34 heavy (non-hydrogen) atoms. The van der Waals surface area contributed by atoms with E-state index in [1.807, 2.05) is 41.8 Å². The molecule has 1 unspecified atom stereocenters. The molecular formula is C28H32F2N2OS. The van der Waals surface area contributed by atoms with Crippen molar-refractivity contribution in [3.8, 4) is 0 Å². The van der Waals surface area contributed by atoms with E-state index in [1.165, 1.54) is 24.3 Å². The summed E-state index contributed by atoms with van der Waals surface area (Å²) < 4.78 is 27.0. The molecule has 0 saturated carbocycles. The van der Waals surface area contributed by atoms with E-state index in [4.69, 9.17) is 0 Å². The number of thiophene rings is 1. The number of nitrogens with one attached hydrogen (secondary N) is 1. The summed E-state index contributed by atoms with van der Waals surface area (Å²) in [6.45, 7) is 3.63. The summed E-state index contributed by atoms with van der Waals surface area (Å²) in [5, 5.41) is 5.51. The number of rotatable bonds is 11. The molecule has 2 heterocycles. The SMILES string of the molecule is O=C(CCN1CCNCC1CCCC(c1ccc(F)cc1)c1ccc(F)cc1)Cc1cccs1. The van der Waals surface area contributed by atoms with Gasteiger partial charge >= 0.3 is 0 Å². The first-order chi connectivity index (χ1) is 16.6. The number of benzene rings is 2. The van der Waals surface area contributed by atoms with E-state index in [0.29, 0.717) is 24.7 Å². The van der Waals surface area contributed by atoms with Crippen molar-refractivity contribution < 1.29 is 13.6 Å². The van der Waals surface area contributed by atoms with Crippen LogP contribution >= 0.6 is 11.3 Å². The van der Waals surface area contributed by atoms with E-state index in [1.54, 1.807) is 11.3 Å². The molecule has 3 nitrogen and oxygen atoms in total. The Morgan fingerprint density at radius 1 is 1.03 bits per heavy atom. The fraction of sp³-hybridized carbons (Fsp3) is 0.393. The Kier molecular flexibility index (Phi) is 8.97. The van der Waals surface area contributed by atoms with Crippen molar-refractivity contribution in [3.63, 3.8) is 0 Å². The topological polar surface area (TPSA) is 32.3 Å². The fourth-order valence-electron chi connectivity index (χ4n) is 4.82. The van der Waals surface area contributed by atoms with Gasteiger partial charge in [-0.2, -0.15) is 0 Å². The predicted molar refractivity (Wildman–Crippen MR) is 134 cm³/mol. The van der Waals surface area contributed by atoms with Gasteiger partial charge in [-0.05, 0) is 59.7 Å². The third kappa shape index (κ3) is 7.05. The zero-order chi connectivity index (χ0) is 23.8. The summed E-state index contributed by atoms with van der Waals surface area (Å²) in [7, 11) is 0. The van der Waals surface area contributed by atoms with Gasteiger partial charge in [-0.1, -0.05) is 36.8 Å². The van der Waals surface area contributed by atoms with Crippen LogP contribution in [-0.2, 0) is 11.2 Å². The van der Waals surface area contributed by atoms with Gasteiger partial charge in [0.2, 0.25) is 0 Å². The van der Waals surface area contributed by atoms with Crippen LogP contribution in [0.5, 0.6) is 0 Å². The minimum Gasteiger partial charge on any atom is -0.314 e. The molecule has 0 bridgehead atoms. The quantitative estimate of drug-likeness (QED) is 0.375. The number of carbonyl (C=O) groups excluding carboxylic acids is 1. The van der Waals surface area contributed by atoms with E-state index in [2.05, 4.69) is 10.2 Å². The van der Waals surface area contributed by atoms with Crippen LogP contribution in [0.2, 0.25) is 0 Å². The number of piperazine rings is 1. The van der Waals surface area contributed by atoms with Gasteiger partial charge in [0, 0.05) is 55.9 Å². The van der Waals surface area contributed by atoms with Crippen molar-refractivity contribution in [2.75, 3.05) is 26.2 Å². The summed E-state index contributed by atoms with van der Waals surface area (Å²) in [5.41, 5.74) is 2.09. The predicted octanol–water partition coefficient (Wildman–Crippen LogP) is 5.80. The van der Waals surface area contributed by atoms with Crippen molar-refractivity contribution in [2.45, 2.75) is 44.1 Å². The van der Waals surface area contributed by atoms with Crippen LogP contribution in [-0.4, -0.2) is 42.9 Å². The first kappa shape index (κ1) is 24.7. The smallest absolute Gasteiger partial charge is 0.139 e. The largest absolute Gasteiger partial charge is 0.314 e. The fourth-order valence-corrected chi connectivity index (χ4v) is 5.55. The van der Waals surface area contributed by atoms with Gasteiger partial charge in [0.25, 0.3) is 0 Å². The number of hydrogen-bond donors (Lipinski definition) is 1. The van der Waals surface area contributed by atoms with E-state index >= 15 is 0 Å². The van der Waals surface area contributed by atoms with Gasteiger partial charge in [0.15, 0.2) is 0 Å². The second kappa shape index (κ2) is 12.3. The normalized spacial score (nSPS) is 16.7. The maximum Gasteiger partial charge on any atom is 0.139 e. The van der Waals surface area contributed by atoms with Crippen LogP contribution in [0.4, 0.5) is 8.78 Å². The molecule has 1 aliphatic heterocycles. The Labute approximate surface area is 204 Å². The van der Waals surface area contributed by atoms with Crippen LogP contribution in [0.25, 0.3) is 0 Å². The highest BCUT2D eigenvalue weighted by Crippen LogP contribution is 2.31. The minimum atomic E-state index is -0.251. The summed E-state index contributed by atoms with van der Waals surface area (Å²) in [5.74, 6) is -0.107. The molecule has 0 radical (unpaired) electrons. The first-order valence-corrected chi connectivity index (χ1v) is 13.0. The number of carbonyl (C=O) groups is 1. The molecule has 0 aliphatic carbocycles. The first-order valence-electron chi connectivity index (χ1n) is 12.1. The maximum absolute atomic E-state index is 13.5. The molecule has 6 heteroatoms. The molecule has 1 N–H and O–H groups in total. The van der Waals surface area contributed by atoms with Crippen LogP contribution in [0.15, 0.2) is 66.0 Å². The van der Waals surface area contributed by atoms with E-state index in [9.17, 15) is 13.6 Å². The number of hydrogen-bond acceptors (Lipinski definition) is 4. The van der Waals surface area contributed by atoms with Gasteiger partial charge < -0.3 is 5.32 Å². The molecule has 1 aliphatic rings. The van der Waals surface area contributed by atoms with Crippen molar-refractivity contribution in [1.82, 2.24) is 10.2 Å². The third-order valence-corrected chi connectivity index (χ3v) is 7.55. The molecule has 1 aromatic heterocycles. The Hall–Kier alpha value is -2.41. The van der Waals surface area contributed by atoms with Crippen LogP contribution in [0.3, 0.4) is 0 Å². The van der Waals surface area contributed by atoms with Crippen molar-refractivity contribution in [1.29, 1.82) is 0 Å². The van der Waals surface area contributed by atoms with Crippen LogP contribution in [0.1, 0.15) is 47.6 Å². The van der Waals surface area contributed by atoms with Gasteiger partial charge in [-0.3, -0.25) is 9.69 Å². The zero-order valence-electron chi connectivity index (χ0n) is 19.4. The third-order valence-electron chi connectivity index (χ3n) is 6.68. The molecule has 4 rings (SSSR count). The summed E-state index contributed by atoms with van der Waals surface area (Å²) in [4.78, 5) is 16.0. The van der Waals surface area contributed by atoms with Crippen LogP contribution < -0.4 is 5.32 Å². The maximum atomic E-state index is 13.5. The van der Waals surface area contributed by atoms with Crippen molar-refractivity contribution >= 4 is 17.1 Å². The standard InChI is InChI=1S/C28H32F2N2OS/c29-23-10-6-21(7-11-23)28(22-8-12-24(30)13-9-22)5-1-3-25-20-31-15-17-32(25)16-14-26(33)19-27-4-2-18-34-27/h2,4,6-13,18,25,28,31H,1,3,5,14-17,19-20H2. The second-order valence-electron chi connectivity index (χ2n) is 9.03. The van der Waals surface area contributed by atoms with Gasteiger partial charge in [0.1, 0.15) is 17.4 Å². The van der Waals surface area contributed by atoms with Gasteiger partial charge in [-0.25, -0.2) is 8.78 Å². The van der Waals surface area contributed by atoms with Crippen molar-refractivity contribution in [3.05, 3.63) is 93.7 Å². The number of Topliss-reactive ketones (excluding diaryl/α,β-unsaturated/α-hetero) is 1. The van der Waals surface area contributed by atoms with Crippen molar-refractivity contribution in [2.24, 2.45) is 0 Å². The lowest BCUT2D eigenvalue weighted by molar-refractivity contribution is -0.118. The van der Waals surface area contributed by atoms with E-state index < -0.39 is 0 Å². The molecule has 0 spiro atoms. The van der Waals surface area contributed by atoms with E-state index in [0.717, 1.165) is 61.4 Å². The number of halogens is 2. The molecule has 180 valence electrons. The molecule has 3 aromatic rings. The Bertz CT molecular complexity index is 976. The number of nitrogens with zero attached hydrogens (tertiary/aromatic N) is 1. The molecule has 1 saturated heterocycles. The lowest BCUT2D eigenvalue weighted by Gasteiger charge is -2.36. The number of ketones is 1. The molecule has 1 atom stereocenters. The minimum absolute atomic E-state index is 0.0959. The Morgan fingerprint density at radius 2 is 1.71 bits per heavy atom. The van der Waals surface area contributed by atoms with Crippen LogP contribution in [0, 0.1) is 11.6 Å².